The van der Waals surface area contributed by atoms with Gasteiger partial charge < -0.3 is 14.6 Å². The Bertz CT molecular complexity index is 1460. The van der Waals surface area contributed by atoms with Gasteiger partial charge in [-0.15, -0.1) is 0 Å². The molecule has 0 aliphatic rings. The van der Waals surface area contributed by atoms with Gasteiger partial charge in [0.15, 0.2) is 5.78 Å². The summed E-state index contributed by atoms with van der Waals surface area (Å²) in [6.07, 6.45) is 1.24. The van der Waals surface area contributed by atoms with Crippen molar-refractivity contribution >= 4 is 28.4 Å². The number of nitrogens with one attached hydrogen (secondary N) is 1. The molecule has 172 valence electrons. The number of benzene rings is 2. The molecule has 0 saturated carbocycles. The molecule has 0 aliphatic carbocycles. The van der Waals surface area contributed by atoms with Crippen LogP contribution < -0.4 is 15.5 Å². The number of ketones is 1. The molecular weight excluding hydrogens is 444 g/mol. The number of hydrogen-bond donors (Lipinski definition) is 1. The fraction of sp³-hybridized carbons (Fsp3) is 0.120. The van der Waals surface area contributed by atoms with Gasteiger partial charge >= 0.3 is 0 Å². The van der Waals surface area contributed by atoms with Crippen molar-refractivity contribution in [1.82, 2.24) is 9.55 Å². The Balaban J connectivity index is 1.81. The maximum Gasteiger partial charge on any atom is 0.261 e. The Hall–Kier alpha value is -4.40. The molecule has 7 nitrogen and oxygen atoms in total. The summed E-state index contributed by atoms with van der Waals surface area (Å²) in [4.78, 5) is 41.7. The molecule has 0 atom stereocenters. The van der Waals surface area contributed by atoms with E-state index in [1.54, 1.807) is 12.1 Å². The Morgan fingerprint density at radius 3 is 2.32 bits per heavy atom. The summed E-state index contributed by atoms with van der Waals surface area (Å²) in [6.45, 7) is 1.14. The fourth-order valence-electron chi connectivity index (χ4n) is 3.49. The highest BCUT2D eigenvalue weighted by molar-refractivity contribution is 6.05. The second kappa shape index (κ2) is 9.22. The maximum absolute atomic E-state index is 14.3. The van der Waals surface area contributed by atoms with Crippen LogP contribution in [0.3, 0.4) is 0 Å². The first-order valence-corrected chi connectivity index (χ1v) is 10.2. The minimum absolute atomic E-state index is 0.0873. The number of carbonyl (C=O) groups is 2. The molecule has 0 fully saturated rings. The van der Waals surface area contributed by atoms with Crippen LogP contribution in [0, 0.1) is 11.6 Å². The molecule has 4 aromatic rings. The number of Topliss-reactive ketones (excluding diaryl/α,β-unsaturated/α-hetero) is 1. The van der Waals surface area contributed by atoms with Crippen LogP contribution in [0.25, 0.3) is 11.0 Å². The van der Waals surface area contributed by atoms with Crippen molar-refractivity contribution in [2.45, 2.75) is 13.5 Å². The van der Waals surface area contributed by atoms with E-state index in [1.165, 1.54) is 55.1 Å². The quantitative estimate of drug-likeness (QED) is 0.433. The third-order valence-electron chi connectivity index (χ3n) is 5.30. The highest BCUT2D eigenvalue weighted by Gasteiger charge is 2.19. The van der Waals surface area contributed by atoms with Crippen LogP contribution in [0.4, 0.5) is 14.5 Å². The second-order valence-electron chi connectivity index (χ2n) is 7.51. The average molecular weight is 463 g/mol. The Morgan fingerprint density at radius 1 is 1.03 bits per heavy atom. The van der Waals surface area contributed by atoms with Gasteiger partial charge in [-0.1, -0.05) is 6.07 Å². The average Bonchev–Trinajstić information content (AvgIpc) is 2.82. The molecule has 0 bridgehead atoms. The van der Waals surface area contributed by atoms with E-state index in [9.17, 15) is 23.2 Å². The highest BCUT2D eigenvalue weighted by Crippen LogP contribution is 2.20. The van der Waals surface area contributed by atoms with Gasteiger partial charge in [-0.3, -0.25) is 14.4 Å². The third kappa shape index (κ3) is 4.40. The van der Waals surface area contributed by atoms with Crippen molar-refractivity contribution in [3.63, 3.8) is 0 Å². The third-order valence-corrected chi connectivity index (χ3v) is 5.30. The van der Waals surface area contributed by atoms with Gasteiger partial charge in [0.1, 0.15) is 22.7 Å². The molecule has 0 saturated heterocycles. The molecule has 0 aliphatic heterocycles. The predicted octanol–water partition coefficient (Wildman–Crippen LogP) is 4.19. The lowest BCUT2D eigenvalue weighted by Gasteiger charge is -2.15. The highest BCUT2D eigenvalue weighted by atomic mass is 19.1. The predicted molar refractivity (Wildman–Crippen MR) is 122 cm³/mol. The number of halogens is 2. The standard InChI is InChI=1S/C25H19F2N3O4/c1-14(31)15-6-8-16(9-7-15)28-25(33)18-13-30(12-17-19(26)4-3-5-20(17)27)21-10-11-22(34-2)29-23(21)24(18)32/h3-11,13H,12H2,1-2H3,(H,28,33). The summed E-state index contributed by atoms with van der Waals surface area (Å²) in [5, 5.41) is 2.60. The van der Waals surface area contributed by atoms with E-state index in [4.69, 9.17) is 4.74 Å². The Kier molecular flexibility index (Phi) is 6.18. The first-order valence-electron chi connectivity index (χ1n) is 10.2. The molecule has 2 aromatic heterocycles. The molecule has 1 amide bonds. The number of amides is 1. The van der Waals surface area contributed by atoms with Gasteiger partial charge in [0.05, 0.1) is 19.2 Å². The number of rotatable bonds is 6. The van der Waals surface area contributed by atoms with Crippen molar-refractivity contribution in [3.05, 3.63) is 99.3 Å². The summed E-state index contributed by atoms with van der Waals surface area (Å²) in [7, 11) is 1.38. The molecular formula is C25H19F2N3O4. The van der Waals surface area contributed by atoms with Gasteiger partial charge in [-0.05, 0) is 49.4 Å². The minimum atomic E-state index is -0.759. The van der Waals surface area contributed by atoms with Gasteiger partial charge in [0.25, 0.3) is 5.91 Å². The van der Waals surface area contributed by atoms with Crippen LogP contribution in [0.5, 0.6) is 5.88 Å². The van der Waals surface area contributed by atoms with Crippen LogP contribution in [0.1, 0.15) is 33.2 Å². The number of methoxy groups -OCH3 is 1. The van der Waals surface area contributed by atoms with E-state index in [-0.39, 0.29) is 40.4 Å². The zero-order chi connectivity index (χ0) is 24.4. The van der Waals surface area contributed by atoms with Crippen molar-refractivity contribution in [1.29, 1.82) is 0 Å². The number of hydrogen-bond acceptors (Lipinski definition) is 5. The van der Waals surface area contributed by atoms with Crippen molar-refractivity contribution in [3.8, 4) is 5.88 Å². The molecule has 2 heterocycles. The van der Waals surface area contributed by atoms with Gasteiger partial charge in [-0.2, -0.15) is 0 Å². The Morgan fingerprint density at radius 2 is 1.71 bits per heavy atom. The first kappa shape index (κ1) is 22.8. The summed E-state index contributed by atoms with van der Waals surface area (Å²) >= 11 is 0. The number of ether oxygens (including phenoxy) is 1. The van der Waals surface area contributed by atoms with Gasteiger partial charge in [-0.25, -0.2) is 13.8 Å². The number of nitrogens with zero attached hydrogens (tertiary/aromatic N) is 2. The van der Waals surface area contributed by atoms with E-state index in [2.05, 4.69) is 10.3 Å². The molecule has 9 heteroatoms. The summed E-state index contributed by atoms with van der Waals surface area (Å²) in [6, 6.07) is 12.7. The van der Waals surface area contributed by atoms with Gasteiger partial charge in [0, 0.05) is 29.1 Å². The SMILES string of the molecule is COc1ccc2c(n1)c(=O)c(C(=O)Nc1ccc(C(C)=O)cc1)cn2Cc1c(F)cccc1F. The molecule has 0 radical (unpaired) electrons. The summed E-state index contributed by atoms with van der Waals surface area (Å²) < 4.78 is 35.1. The molecule has 34 heavy (non-hydrogen) atoms. The topological polar surface area (TPSA) is 90.3 Å². The molecule has 0 unspecified atom stereocenters. The Labute approximate surface area is 192 Å². The largest absolute Gasteiger partial charge is 0.481 e. The minimum Gasteiger partial charge on any atom is -0.481 e. The number of aromatic nitrogens is 2. The molecule has 1 N–H and O–H groups in total. The molecule has 4 rings (SSSR count). The maximum atomic E-state index is 14.3. The number of carbonyl (C=O) groups excluding carboxylic acids is 2. The lowest BCUT2D eigenvalue weighted by Crippen LogP contribution is -2.25. The normalized spacial score (nSPS) is 10.8. The van der Waals surface area contributed by atoms with Crippen LogP contribution in [-0.2, 0) is 6.54 Å². The first-order chi connectivity index (χ1) is 16.3. The van der Waals surface area contributed by atoms with E-state index >= 15 is 0 Å². The van der Waals surface area contributed by atoms with Crippen molar-refractivity contribution < 1.29 is 23.1 Å². The second-order valence-corrected chi connectivity index (χ2v) is 7.51. The smallest absolute Gasteiger partial charge is 0.261 e. The lowest BCUT2D eigenvalue weighted by molar-refractivity contribution is 0.101. The number of pyridine rings is 2. The van der Waals surface area contributed by atoms with E-state index < -0.39 is 23.0 Å². The van der Waals surface area contributed by atoms with Gasteiger partial charge in [0.2, 0.25) is 11.3 Å². The van der Waals surface area contributed by atoms with E-state index in [0.29, 0.717) is 11.3 Å². The van der Waals surface area contributed by atoms with Crippen LogP contribution in [0.15, 0.2) is 65.6 Å². The number of fused-ring (bicyclic) bond motifs is 1. The zero-order valence-corrected chi connectivity index (χ0v) is 18.3. The van der Waals surface area contributed by atoms with Crippen LogP contribution >= 0.6 is 0 Å². The fourth-order valence-corrected chi connectivity index (χ4v) is 3.49. The monoisotopic (exact) mass is 463 g/mol. The lowest BCUT2D eigenvalue weighted by atomic mass is 10.1. The van der Waals surface area contributed by atoms with Crippen LogP contribution in [0.2, 0.25) is 0 Å². The zero-order valence-electron chi connectivity index (χ0n) is 18.3. The summed E-state index contributed by atoms with van der Waals surface area (Å²) in [5.74, 6) is -2.24. The van der Waals surface area contributed by atoms with Crippen molar-refractivity contribution in [2.24, 2.45) is 0 Å². The molecule has 0 spiro atoms. The summed E-state index contributed by atoms with van der Waals surface area (Å²) in [5.41, 5.74) is -0.160. The van der Waals surface area contributed by atoms with Crippen molar-refractivity contribution in [2.75, 3.05) is 12.4 Å². The van der Waals surface area contributed by atoms with E-state index in [0.717, 1.165) is 12.1 Å². The van der Waals surface area contributed by atoms with Crippen LogP contribution in [-0.4, -0.2) is 28.4 Å². The van der Waals surface area contributed by atoms with E-state index in [1.807, 2.05) is 0 Å². The molecule has 2 aromatic carbocycles. The number of anilines is 1.